The molecule has 8 nitrogen and oxygen atoms in total. The summed E-state index contributed by atoms with van der Waals surface area (Å²) in [6, 6.07) is 22.8. The van der Waals surface area contributed by atoms with Crippen molar-refractivity contribution in [2.24, 2.45) is 5.92 Å². The van der Waals surface area contributed by atoms with Crippen LogP contribution in [0.5, 0.6) is 11.5 Å². The first-order valence-electron chi connectivity index (χ1n) is 12.8. The fourth-order valence-corrected chi connectivity index (χ4v) is 6.44. The van der Waals surface area contributed by atoms with E-state index in [9.17, 15) is 15.5 Å². The van der Waals surface area contributed by atoms with Crippen LogP contribution >= 0.6 is 0 Å². The van der Waals surface area contributed by atoms with E-state index in [0.717, 1.165) is 11.1 Å². The maximum absolute atomic E-state index is 12.8. The molecule has 0 saturated heterocycles. The number of nitriles is 1. The van der Waals surface area contributed by atoms with E-state index >= 15 is 0 Å². The van der Waals surface area contributed by atoms with E-state index in [1.54, 1.807) is 42.9 Å². The standard InChI is InChI=1S/C31H28N4O4/c1-38-25-18-35-19-26-28(25)30(37)29(36)24(17-34-16-21-6-5-13-33-15-21)27(22-7-3-2-4-8-22)31(30,39-26)23-11-9-20(14-32)10-12-23/h2-13,15,18-19,24,27,29,34,36-37H,16-17H2,1H3/t24-,27-,29?,30?,31+/m1/s1. The molecule has 0 bridgehead atoms. The van der Waals surface area contributed by atoms with Gasteiger partial charge < -0.3 is 25.0 Å². The van der Waals surface area contributed by atoms with Crippen molar-refractivity contribution in [2.75, 3.05) is 13.7 Å². The molecule has 6 rings (SSSR count). The predicted octanol–water partition coefficient (Wildman–Crippen LogP) is 3.40. The lowest BCUT2D eigenvalue weighted by Gasteiger charge is -2.41. The number of rotatable bonds is 7. The molecule has 1 aliphatic carbocycles. The summed E-state index contributed by atoms with van der Waals surface area (Å²) in [7, 11) is 1.51. The molecule has 5 atom stereocenters. The number of nitrogens with zero attached hydrogens (tertiary/aromatic N) is 3. The molecular weight excluding hydrogens is 492 g/mol. The van der Waals surface area contributed by atoms with E-state index in [0.29, 0.717) is 41.3 Å². The Kier molecular flexibility index (Phi) is 6.28. The van der Waals surface area contributed by atoms with Crippen LogP contribution in [-0.2, 0) is 17.7 Å². The van der Waals surface area contributed by atoms with Gasteiger partial charge in [0.05, 0.1) is 42.8 Å². The fraction of sp³-hybridized carbons (Fsp3) is 0.258. The van der Waals surface area contributed by atoms with Gasteiger partial charge in [0, 0.05) is 37.3 Å². The summed E-state index contributed by atoms with van der Waals surface area (Å²) in [5.74, 6) is -0.260. The molecule has 1 saturated carbocycles. The van der Waals surface area contributed by atoms with Crippen LogP contribution in [-0.4, -0.2) is 39.9 Å². The highest BCUT2D eigenvalue weighted by atomic mass is 16.5. The first-order chi connectivity index (χ1) is 19.0. The lowest BCUT2D eigenvalue weighted by molar-refractivity contribution is -0.152. The molecule has 2 aromatic carbocycles. The van der Waals surface area contributed by atoms with Gasteiger partial charge in [0.25, 0.3) is 0 Å². The number of ether oxygens (including phenoxy) is 2. The number of nitrogens with one attached hydrogen (secondary N) is 1. The van der Waals surface area contributed by atoms with E-state index in [4.69, 9.17) is 9.47 Å². The van der Waals surface area contributed by atoms with Gasteiger partial charge in [0.2, 0.25) is 0 Å². The molecule has 2 aromatic heterocycles. The Morgan fingerprint density at radius 2 is 1.82 bits per heavy atom. The van der Waals surface area contributed by atoms with Gasteiger partial charge >= 0.3 is 0 Å². The maximum Gasteiger partial charge on any atom is 0.177 e. The Hall–Kier alpha value is -4.29. The lowest BCUT2D eigenvalue weighted by atomic mass is 9.70. The van der Waals surface area contributed by atoms with Crippen molar-refractivity contribution in [3.8, 4) is 17.6 Å². The maximum atomic E-state index is 12.8. The third-order valence-electron chi connectivity index (χ3n) is 8.05. The van der Waals surface area contributed by atoms with Crippen molar-refractivity contribution in [3.05, 3.63) is 119 Å². The van der Waals surface area contributed by atoms with Crippen LogP contribution in [0.3, 0.4) is 0 Å². The molecule has 8 heteroatoms. The summed E-state index contributed by atoms with van der Waals surface area (Å²) >= 11 is 0. The molecule has 1 fully saturated rings. The first kappa shape index (κ1) is 25.0. The SMILES string of the molecule is COc1cncc2c1C1(O)C(O)[C@H](CNCc3cccnc3)[C@@H](c3ccccc3)[C@]1(c1ccc(C#N)cc1)O2. The van der Waals surface area contributed by atoms with Gasteiger partial charge in [-0.3, -0.25) is 9.97 Å². The van der Waals surface area contributed by atoms with E-state index in [1.165, 1.54) is 13.3 Å². The molecule has 0 amide bonds. The monoisotopic (exact) mass is 520 g/mol. The number of benzene rings is 2. The molecule has 4 aromatic rings. The number of aromatic nitrogens is 2. The van der Waals surface area contributed by atoms with Gasteiger partial charge in [0.15, 0.2) is 11.2 Å². The van der Waals surface area contributed by atoms with Crippen LogP contribution in [0.25, 0.3) is 0 Å². The summed E-state index contributed by atoms with van der Waals surface area (Å²) in [6.45, 7) is 0.938. The average molecular weight is 521 g/mol. The molecule has 196 valence electrons. The second-order valence-electron chi connectivity index (χ2n) is 10.00. The van der Waals surface area contributed by atoms with Gasteiger partial charge in [-0.15, -0.1) is 0 Å². The number of aliphatic hydroxyl groups is 2. The van der Waals surface area contributed by atoms with E-state index in [2.05, 4.69) is 21.4 Å². The molecule has 2 aliphatic rings. The highest BCUT2D eigenvalue weighted by Crippen LogP contribution is 2.69. The molecule has 2 unspecified atom stereocenters. The van der Waals surface area contributed by atoms with Gasteiger partial charge in [-0.1, -0.05) is 48.5 Å². The third kappa shape index (κ3) is 3.70. The van der Waals surface area contributed by atoms with Crippen molar-refractivity contribution in [1.82, 2.24) is 15.3 Å². The second-order valence-corrected chi connectivity index (χ2v) is 10.00. The summed E-state index contributed by atoms with van der Waals surface area (Å²) in [6.07, 6.45) is 5.35. The summed E-state index contributed by atoms with van der Waals surface area (Å²) in [4.78, 5) is 8.45. The van der Waals surface area contributed by atoms with Crippen LogP contribution < -0.4 is 14.8 Å². The van der Waals surface area contributed by atoms with E-state index in [-0.39, 0.29) is 0 Å². The van der Waals surface area contributed by atoms with Gasteiger partial charge in [0.1, 0.15) is 11.5 Å². The minimum Gasteiger partial charge on any atom is -0.495 e. The van der Waals surface area contributed by atoms with E-state index < -0.39 is 29.1 Å². The van der Waals surface area contributed by atoms with Gasteiger partial charge in [-0.2, -0.15) is 5.26 Å². The summed E-state index contributed by atoms with van der Waals surface area (Å²) < 4.78 is 12.4. The van der Waals surface area contributed by atoms with Crippen LogP contribution in [0.2, 0.25) is 0 Å². The van der Waals surface area contributed by atoms with Crippen LogP contribution in [0.1, 0.15) is 33.7 Å². The number of aliphatic hydroxyl groups excluding tert-OH is 1. The Morgan fingerprint density at radius 1 is 1.03 bits per heavy atom. The molecule has 3 heterocycles. The van der Waals surface area contributed by atoms with Crippen LogP contribution in [0, 0.1) is 17.2 Å². The number of pyridine rings is 2. The molecule has 0 spiro atoms. The highest BCUT2D eigenvalue weighted by Gasteiger charge is 2.76. The third-order valence-corrected chi connectivity index (χ3v) is 8.05. The zero-order valence-electron chi connectivity index (χ0n) is 21.4. The van der Waals surface area contributed by atoms with Crippen LogP contribution in [0.4, 0.5) is 0 Å². The predicted molar refractivity (Wildman–Crippen MR) is 143 cm³/mol. The Labute approximate surface area is 226 Å². The minimum absolute atomic E-state index is 0.334. The molecule has 3 N–H and O–H groups in total. The Balaban J connectivity index is 1.54. The zero-order valence-corrected chi connectivity index (χ0v) is 21.4. The lowest BCUT2D eigenvalue weighted by Crippen LogP contribution is -2.52. The first-order valence-corrected chi connectivity index (χ1v) is 12.8. The van der Waals surface area contributed by atoms with Crippen molar-refractivity contribution in [3.63, 3.8) is 0 Å². The number of hydrogen-bond donors (Lipinski definition) is 3. The molecule has 1 aliphatic heterocycles. The minimum atomic E-state index is -1.88. The average Bonchev–Trinajstić information content (AvgIpc) is 3.36. The molecule has 39 heavy (non-hydrogen) atoms. The van der Waals surface area contributed by atoms with E-state index in [1.807, 2.05) is 42.5 Å². The van der Waals surface area contributed by atoms with Crippen molar-refractivity contribution in [2.45, 2.75) is 29.8 Å². The van der Waals surface area contributed by atoms with Gasteiger partial charge in [-0.25, -0.2) is 0 Å². The van der Waals surface area contributed by atoms with Crippen molar-refractivity contribution < 1.29 is 19.7 Å². The van der Waals surface area contributed by atoms with Crippen LogP contribution in [0.15, 0.2) is 91.5 Å². The van der Waals surface area contributed by atoms with Crippen molar-refractivity contribution >= 4 is 0 Å². The number of hydrogen-bond acceptors (Lipinski definition) is 8. The fourth-order valence-electron chi connectivity index (χ4n) is 6.44. The number of methoxy groups -OCH3 is 1. The molecule has 0 radical (unpaired) electrons. The Bertz CT molecular complexity index is 1510. The Morgan fingerprint density at radius 3 is 2.51 bits per heavy atom. The highest BCUT2D eigenvalue weighted by molar-refractivity contribution is 5.59. The summed E-state index contributed by atoms with van der Waals surface area (Å²) in [5.41, 5.74) is 0.101. The largest absolute Gasteiger partial charge is 0.495 e. The quantitative estimate of drug-likeness (QED) is 0.339. The topological polar surface area (TPSA) is 121 Å². The summed E-state index contributed by atoms with van der Waals surface area (Å²) in [5, 5.41) is 37.9. The van der Waals surface area contributed by atoms with Gasteiger partial charge in [-0.05, 0) is 34.9 Å². The smallest absolute Gasteiger partial charge is 0.177 e. The normalized spacial score (nSPS) is 26.8. The van der Waals surface area contributed by atoms with Crippen molar-refractivity contribution in [1.29, 1.82) is 5.26 Å². The number of fused-ring (bicyclic) bond motifs is 3. The zero-order chi connectivity index (χ0) is 27.0. The molecular formula is C31H28N4O4. The second kappa shape index (κ2) is 9.79.